The summed E-state index contributed by atoms with van der Waals surface area (Å²) < 4.78 is 5.45. The molecule has 2 amide bonds. The number of carbonyl (C=O) groups excluding carboxylic acids is 1. The molecule has 0 aromatic carbocycles. The molecular weight excluding hydrogens is 168 g/mol. The van der Waals surface area contributed by atoms with Gasteiger partial charge in [-0.15, -0.1) is 0 Å². The summed E-state index contributed by atoms with van der Waals surface area (Å²) in [6.45, 7) is 5.43. The van der Waals surface area contributed by atoms with Crippen LogP contribution in [0.2, 0.25) is 0 Å². The van der Waals surface area contributed by atoms with Crippen LogP contribution >= 0.6 is 0 Å². The van der Waals surface area contributed by atoms with E-state index in [4.69, 9.17) is 4.74 Å². The molecule has 2 aliphatic heterocycles. The van der Waals surface area contributed by atoms with Crippen molar-refractivity contribution >= 4 is 6.03 Å². The highest BCUT2D eigenvalue weighted by Gasteiger charge is 2.29. The van der Waals surface area contributed by atoms with E-state index in [1.54, 1.807) is 0 Å². The van der Waals surface area contributed by atoms with Crippen molar-refractivity contribution in [3.63, 3.8) is 0 Å². The highest BCUT2D eigenvalue weighted by molar-refractivity contribution is 5.76. The van der Waals surface area contributed by atoms with E-state index in [9.17, 15) is 4.79 Å². The Morgan fingerprint density at radius 2 is 2.54 bits per heavy atom. The zero-order valence-corrected chi connectivity index (χ0v) is 7.95. The average molecular weight is 184 g/mol. The third-order valence-corrected chi connectivity index (χ3v) is 2.93. The molecule has 0 aliphatic carbocycles. The molecule has 2 rings (SSSR count). The van der Waals surface area contributed by atoms with Gasteiger partial charge in [0.1, 0.15) is 0 Å². The number of urea groups is 1. The minimum atomic E-state index is 0.0825. The lowest BCUT2D eigenvalue weighted by molar-refractivity contribution is 0.0982. The van der Waals surface area contributed by atoms with Crippen LogP contribution in [0.5, 0.6) is 0 Å². The summed E-state index contributed by atoms with van der Waals surface area (Å²) in [6, 6.07) is 0.0825. The highest BCUT2D eigenvalue weighted by atomic mass is 16.5. The molecule has 2 aliphatic rings. The van der Waals surface area contributed by atoms with Crippen molar-refractivity contribution in [3.05, 3.63) is 0 Å². The molecule has 0 spiro atoms. The normalized spacial score (nSPS) is 33.9. The Balaban J connectivity index is 1.86. The van der Waals surface area contributed by atoms with Gasteiger partial charge in [-0.25, -0.2) is 4.79 Å². The number of amides is 2. The van der Waals surface area contributed by atoms with Crippen molar-refractivity contribution < 1.29 is 9.53 Å². The van der Waals surface area contributed by atoms with Gasteiger partial charge in [-0.2, -0.15) is 0 Å². The lowest BCUT2D eigenvalue weighted by Crippen LogP contribution is -2.34. The zero-order chi connectivity index (χ0) is 9.26. The molecule has 2 saturated heterocycles. The van der Waals surface area contributed by atoms with E-state index in [0.29, 0.717) is 12.0 Å². The van der Waals surface area contributed by atoms with E-state index >= 15 is 0 Å². The van der Waals surface area contributed by atoms with Gasteiger partial charge in [0.2, 0.25) is 0 Å². The predicted octanol–water partition coefficient (Wildman–Crippen LogP) is 0.437. The first-order valence-corrected chi connectivity index (χ1v) is 4.92. The minimum Gasteiger partial charge on any atom is -0.378 e. The van der Waals surface area contributed by atoms with E-state index in [1.807, 2.05) is 4.90 Å². The van der Waals surface area contributed by atoms with Crippen LogP contribution in [0.1, 0.15) is 13.3 Å². The lowest BCUT2D eigenvalue weighted by Gasteiger charge is -2.20. The Labute approximate surface area is 78.2 Å². The van der Waals surface area contributed by atoms with Crippen molar-refractivity contribution in [2.75, 3.05) is 26.2 Å². The second-order valence-corrected chi connectivity index (χ2v) is 3.80. The topological polar surface area (TPSA) is 41.6 Å². The van der Waals surface area contributed by atoms with Gasteiger partial charge in [-0.3, -0.25) is 0 Å². The minimum absolute atomic E-state index is 0.0825. The standard InChI is InChI=1S/C9H16N2O2/c1-7-8(2-5-13-7)6-11-4-3-10-9(11)12/h7-8H,2-6H2,1H3,(H,10,12). The molecule has 4 nitrogen and oxygen atoms in total. The molecule has 0 bridgehead atoms. The fraction of sp³-hybridized carbons (Fsp3) is 0.889. The largest absolute Gasteiger partial charge is 0.378 e. The summed E-state index contributed by atoms with van der Waals surface area (Å²) in [6.07, 6.45) is 1.40. The number of nitrogens with one attached hydrogen (secondary N) is 1. The zero-order valence-electron chi connectivity index (χ0n) is 7.95. The molecule has 2 atom stereocenters. The molecule has 1 N–H and O–H groups in total. The summed E-state index contributed by atoms with van der Waals surface area (Å²) >= 11 is 0. The van der Waals surface area contributed by atoms with Crippen LogP contribution in [0.25, 0.3) is 0 Å². The van der Waals surface area contributed by atoms with Gasteiger partial charge >= 0.3 is 6.03 Å². The number of ether oxygens (including phenoxy) is 1. The van der Waals surface area contributed by atoms with Gasteiger partial charge in [0, 0.05) is 32.2 Å². The Kier molecular flexibility index (Phi) is 2.40. The molecule has 74 valence electrons. The molecule has 2 unspecified atom stereocenters. The molecule has 13 heavy (non-hydrogen) atoms. The molecule has 2 heterocycles. The lowest BCUT2D eigenvalue weighted by atomic mass is 10.0. The maximum atomic E-state index is 11.2. The second kappa shape index (κ2) is 3.54. The summed E-state index contributed by atoms with van der Waals surface area (Å²) in [4.78, 5) is 13.1. The first-order valence-electron chi connectivity index (χ1n) is 4.92. The van der Waals surface area contributed by atoms with Gasteiger partial charge in [-0.05, 0) is 13.3 Å². The van der Waals surface area contributed by atoms with Crippen LogP contribution in [-0.4, -0.2) is 43.3 Å². The SMILES string of the molecule is CC1OCCC1CN1CCNC1=O. The summed E-state index contributed by atoms with van der Waals surface area (Å²) in [5.74, 6) is 0.531. The molecular formula is C9H16N2O2. The van der Waals surface area contributed by atoms with Crippen LogP contribution in [0.4, 0.5) is 4.79 Å². The van der Waals surface area contributed by atoms with E-state index in [1.165, 1.54) is 0 Å². The second-order valence-electron chi connectivity index (χ2n) is 3.80. The summed E-state index contributed by atoms with van der Waals surface area (Å²) in [5, 5.41) is 2.80. The van der Waals surface area contributed by atoms with E-state index in [-0.39, 0.29) is 6.03 Å². The third kappa shape index (κ3) is 1.77. The Hall–Kier alpha value is -0.770. The predicted molar refractivity (Wildman–Crippen MR) is 48.5 cm³/mol. The van der Waals surface area contributed by atoms with Crippen molar-refractivity contribution in [1.82, 2.24) is 10.2 Å². The van der Waals surface area contributed by atoms with E-state index in [2.05, 4.69) is 12.2 Å². The van der Waals surface area contributed by atoms with Crippen LogP contribution in [0.15, 0.2) is 0 Å². The molecule has 0 aromatic rings. The first kappa shape index (κ1) is 8.81. The van der Waals surface area contributed by atoms with Crippen LogP contribution < -0.4 is 5.32 Å². The maximum Gasteiger partial charge on any atom is 0.317 e. The van der Waals surface area contributed by atoms with Gasteiger partial charge < -0.3 is 15.0 Å². The molecule has 0 radical (unpaired) electrons. The van der Waals surface area contributed by atoms with Crippen molar-refractivity contribution in [2.45, 2.75) is 19.4 Å². The molecule has 0 saturated carbocycles. The number of hydrogen-bond acceptors (Lipinski definition) is 2. The number of carbonyl (C=O) groups is 1. The van der Waals surface area contributed by atoms with Gasteiger partial charge in [0.25, 0.3) is 0 Å². The molecule has 2 fully saturated rings. The quantitative estimate of drug-likeness (QED) is 0.676. The Morgan fingerprint density at radius 1 is 1.69 bits per heavy atom. The Bertz CT molecular complexity index is 208. The van der Waals surface area contributed by atoms with Crippen molar-refractivity contribution in [1.29, 1.82) is 0 Å². The van der Waals surface area contributed by atoms with Crippen LogP contribution in [-0.2, 0) is 4.74 Å². The van der Waals surface area contributed by atoms with Crippen LogP contribution in [0, 0.1) is 5.92 Å². The highest BCUT2D eigenvalue weighted by Crippen LogP contribution is 2.21. The summed E-state index contributed by atoms with van der Waals surface area (Å²) in [7, 11) is 0. The monoisotopic (exact) mass is 184 g/mol. The number of rotatable bonds is 2. The third-order valence-electron chi connectivity index (χ3n) is 2.93. The maximum absolute atomic E-state index is 11.2. The van der Waals surface area contributed by atoms with Gasteiger partial charge in [0.15, 0.2) is 0 Å². The fourth-order valence-electron chi connectivity index (χ4n) is 1.98. The Morgan fingerprint density at radius 3 is 3.08 bits per heavy atom. The fourth-order valence-corrected chi connectivity index (χ4v) is 1.98. The van der Waals surface area contributed by atoms with Gasteiger partial charge in [-0.1, -0.05) is 0 Å². The van der Waals surface area contributed by atoms with Crippen molar-refractivity contribution in [3.8, 4) is 0 Å². The summed E-state index contributed by atoms with van der Waals surface area (Å²) in [5.41, 5.74) is 0. The van der Waals surface area contributed by atoms with Crippen LogP contribution in [0.3, 0.4) is 0 Å². The van der Waals surface area contributed by atoms with E-state index < -0.39 is 0 Å². The smallest absolute Gasteiger partial charge is 0.317 e. The first-order chi connectivity index (χ1) is 6.27. The van der Waals surface area contributed by atoms with Crippen molar-refractivity contribution in [2.24, 2.45) is 5.92 Å². The van der Waals surface area contributed by atoms with E-state index in [0.717, 1.165) is 32.7 Å². The average Bonchev–Trinajstić information content (AvgIpc) is 2.65. The molecule has 0 aromatic heterocycles. The van der Waals surface area contributed by atoms with Gasteiger partial charge in [0.05, 0.1) is 6.10 Å². The molecule has 4 heteroatoms. The number of hydrogen-bond donors (Lipinski definition) is 1. The number of nitrogens with zero attached hydrogens (tertiary/aromatic N) is 1.